The van der Waals surface area contributed by atoms with Crippen LogP contribution in [-0.4, -0.2) is 32.3 Å². The lowest BCUT2D eigenvalue weighted by Gasteiger charge is -2.35. The monoisotopic (exact) mass is 340 g/mol. The number of hydrogen-bond acceptors (Lipinski definition) is 3. The zero-order valence-corrected chi connectivity index (χ0v) is 15.9. The van der Waals surface area contributed by atoms with Crippen LogP contribution in [0.2, 0.25) is 0 Å². The van der Waals surface area contributed by atoms with Crippen LogP contribution >= 0.6 is 0 Å². The molecule has 1 saturated heterocycles. The van der Waals surface area contributed by atoms with Gasteiger partial charge >= 0.3 is 0 Å². The Morgan fingerprint density at radius 2 is 1.80 bits per heavy atom. The average Bonchev–Trinajstić information content (AvgIpc) is 2.71. The Bertz CT molecular complexity index is 600. The maximum absolute atomic E-state index is 5.90. The van der Waals surface area contributed by atoms with E-state index in [-0.39, 0.29) is 0 Å². The topological polar surface area (TPSA) is 24.5 Å². The maximum atomic E-state index is 5.90. The number of piperazine rings is 1. The Kier molecular flexibility index (Phi) is 8.50. The summed E-state index contributed by atoms with van der Waals surface area (Å²) >= 11 is 0. The number of benzene rings is 2. The van der Waals surface area contributed by atoms with Gasteiger partial charge in [-0.3, -0.25) is 0 Å². The molecule has 25 heavy (non-hydrogen) atoms. The number of anilines is 1. The number of hydrogen-bond donors (Lipinski definition) is 1. The van der Waals surface area contributed by atoms with E-state index in [1.165, 1.54) is 16.8 Å². The summed E-state index contributed by atoms with van der Waals surface area (Å²) in [5.74, 6) is 0. The summed E-state index contributed by atoms with van der Waals surface area (Å²) in [6, 6.07) is 19.6. The average molecular weight is 341 g/mol. The second-order valence-electron chi connectivity index (χ2n) is 6.12. The van der Waals surface area contributed by atoms with Crippen molar-refractivity contribution in [2.75, 3.05) is 31.1 Å². The van der Waals surface area contributed by atoms with Gasteiger partial charge in [0.2, 0.25) is 0 Å². The highest BCUT2D eigenvalue weighted by molar-refractivity contribution is 5.49. The van der Waals surface area contributed by atoms with Gasteiger partial charge in [-0.25, -0.2) is 0 Å². The van der Waals surface area contributed by atoms with Crippen molar-refractivity contribution in [2.24, 2.45) is 0 Å². The first-order valence-electron chi connectivity index (χ1n) is 9.54. The normalized spacial score (nSPS) is 16.9. The molecule has 0 aliphatic carbocycles. The lowest BCUT2D eigenvalue weighted by Crippen LogP contribution is -2.52. The van der Waals surface area contributed by atoms with Crippen LogP contribution in [0.3, 0.4) is 0 Å². The fourth-order valence-corrected chi connectivity index (χ4v) is 3.04. The molecular formula is C22H32N2O. The number of aryl methyl sites for hydroxylation is 1. The largest absolute Gasteiger partial charge is 0.375 e. The standard InChI is InChI=1S/C20H26N2O.C2H6/c1-2-17-9-6-10-20(13-17)22-12-11-21-19(14-22)16-23-15-18-7-4-3-5-8-18;1-2/h3-10,13,19,21H,2,11-12,14-16H2,1H3;1-2H3. The van der Waals surface area contributed by atoms with Crippen LogP contribution in [0.25, 0.3) is 0 Å². The van der Waals surface area contributed by atoms with Crippen LogP contribution in [0.4, 0.5) is 5.69 Å². The van der Waals surface area contributed by atoms with Crippen molar-refractivity contribution in [3.8, 4) is 0 Å². The molecule has 1 aliphatic rings. The molecule has 1 atom stereocenters. The molecule has 2 aromatic rings. The smallest absolute Gasteiger partial charge is 0.0717 e. The molecule has 0 saturated carbocycles. The molecule has 1 N–H and O–H groups in total. The highest BCUT2D eigenvalue weighted by atomic mass is 16.5. The van der Waals surface area contributed by atoms with Crippen molar-refractivity contribution in [3.05, 3.63) is 65.7 Å². The third-order valence-corrected chi connectivity index (χ3v) is 4.37. The Balaban J connectivity index is 0.00000109. The Morgan fingerprint density at radius 3 is 2.56 bits per heavy atom. The predicted octanol–water partition coefficient (Wildman–Crippen LogP) is 4.27. The molecule has 0 radical (unpaired) electrons. The molecule has 3 nitrogen and oxygen atoms in total. The molecule has 0 amide bonds. The van der Waals surface area contributed by atoms with Crippen molar-refractivity contribution in [1.82, 2.24) is 5.32 Å². The van der Waals surface area contributed by atoms with E-state index in [2.05, 4.69) is 65.7 Å². The molecular weight excluding hydrogens is 308 g/mol. The van der Waals surface area contributed by atoms with Crippen LogP contribution < -0.4 is 10.2 Å². The highest BCUT2D eigenvalue weighted by Gasteiger charge is 2.19. The Morgan fingerprint density at radius 1 is 1.04 bits per heavy atom. The molecule has 0 aromatic heterocycles. The lowest BCUT2D eigenvalue weighted by atomic mass is 10.1. The van der Waals surface area contributed by atoms with E-state index in [4.69, 9.17) is 4.74 Å². The van der Waals surface area contributed by atoms with E-state index in [9.17, 15) is 0 Å². The molecule has 3 rings (SSSR count). The van der Waals surface area contributed by atoms with Crippen LogP contribution in [0.15, 0.2) is 54.6 Å². The Labute approximate surface area is 153 Å². The summed E-state index contributed by atoms with van der Waals surface area (Å²) in [4.78, 5) is 2.46. The third-order valence-electron chi connectivity index (χ3n) is 4.37. The quantitative estimate of drug-likeness (QED) is 0.850. The summed E-state index contributed by atoms with van der Waals surface area (Å²) < 4.78 is 5.90. The van der Waals surface area contributed by atoms with Crippen molar-refractivity contribution in [1.29, 1.82) is 0 Å². The first kappa shape index (κ1) is 19.5. The number of nitrogens with one attached hydrogen (secondary N) is 1. The van der Waals surface area contributed by atoms with Gasteiger partial charge in [0.1, 0.15) is 0 Å². The number of ether oxygens (including phenoxy) is 1. The predicted molar refractivity (Wildman–Crippen MR) is 107 cm³/mol. The van der Waals surface area contributed by atoms with Gasteiger partial charge in [-0.2, -0.15) is 0 Å². The fourth-order valence-electron chi connectivity index (χ4n) is 3.04. The zero-order chi connectivity index (χ0) is 17.9. The molecule has 0 bridgehead atoms. The van der Waals surface area contributed by atoms with E-state index in [0.29, 0.717) is 12.6 Å². The van der Waals surface area contributed by atoms with Gasteiger partial charge in [-0.05, 0) is 29.7 Å². The van der Waals surface area contributed by atoms with Crippen LogP contribution in [0.1, 0.15) is 31.9 Å². The van der Waals surface area contributed by atoms with Gasteiger partial charge in [0.15, 0.2) is 0 Å². The second kappa shape index (κ2) is 10.9. The minimum absolute atomic E-state index is 0.387. The molecule has 1 heterocycles. The lowest BCUT2D eigenvalue weighted by molar-refractivity contribution is 0.0971. The second-order valence-corrected chi connectivity index (χ2v) is 6.12. The SMILES string of the molecule is CC.CCc1cccc(N2CCNC(COCc3ccccc3)C2)c1. The Hall–Kier alpha value is -1.84. The molecule has 1 aliphatic heterocycles. The van der Waals surface area contributed by atoms with Crippen LogP contribution in [0, 0.1) is 0 Å². The summed E-state index contributed by atoms with van der Waals surface area (Å²) in [7, 11) is 0. The van der Waals surface area contributed by atoms with Gasteiger partial charge in [0.05, 0.1) is 13.2 Å². The molecule has 1 unspecified atom stereocenters. The first-order chi connectivity index (χ1) is 12.3. The van der Waals surface area contributed by atoms with E-state index < -0.39 is 0 Å². The highest BCUT2D eigenvalue weighted by Crippen LogP contribution is 2.18. The van der Waals surface area contributed by atoms with E-state index in [1.54, 1.807) is 0 Å². The van der Waals surface area contributed by atoms with Gasteiger partial charge in [-0.1, -0.05) is 63.2 Å². The van der Waals surface area contributed by atoms with Crippen LogP contribution in [-0.2, 0) is 17.8 Å². The molecule has 1 fully saturated rings. The summed E-state index contributed by atoms with van der Waals surface area (Å²) in [6.07, 6.45) is 1.09. The molecule has 2 aromatic carbocycles. The minimum Gasteiger partial charge on any atom is -0.375 e. The molecule has 136 valence electrons. The van der Waals surface area contributed by atoms with Crippen molar-refractivity contribution >= 4 is 5.69 Å². The molecule has 3 heteroatoms. The molecule has 0 spiro atoms. The first-order valence-corrected chi connectivity index (χ1v) is 9.54. The van der Waals surface area contributed by atoms with Gasteiger partial charge in [-0.15, -0.1) is 0 Å². The summed E-state index contributed by atoms with van der Waals surface area (Å²) in [5, 5.41) is 3.57. The van der Waals surface area contributed by atoms with Crippen molar-refractivity contribution in [3.63, 3.8) is 0 Å². The van der Waals surface area contributed by atoms with Crippen LogP contribution in [0.5, 0.6) is 0 Å². The van der Waals surface area contributed by atoms with Gasteiger partial charge < -0.3 is 15.0 Å². The van der Waals surface area contributed by atoms with Crippen molar-refractivity contribution < 1.29 is 4.74 Å². The maximum Gasteiger partial charge on any atom is 0.0717 e. The van der Waals surface area contributed by atoms with E-state index in [0.717, 1.165) is 32.7 Å². The minimum atomic E-state index is 0.387. The number of rotatable bonds is 6. The van der Waals surface area contributed by atoms with E-state index >= 15 is 0 Å². The zero-order valence-electron chi connectivity index (χ0n) is 15.9. The van der Waals surface area contributed by atoms with Crippen molar-refractivity contribution in [2.45, 2.75) is 39.8 Å². The third kappa shape index (κ3) is 6.18. The van der Waals surface area contributed by atoms with Gasteiger partial charge in [0.25, 0.3) is 0 Å². The van der Waals surface area contributed by atoms with E-state index in [1.807, 2.05) is 19.9 Å². The van der Waals surface area contributed by atoms with Gasteiger partial charge in [0, 0.05) is 31.4 Å². The summed E-state index contributed by atoms with van der Waals surface area (Å²) in [5.41, 5.74) is 3.97. The fraction of sp³-hybridized carbons (Fsp3) is 0.455. The summed E-state index contributed by atoms with van der Waals surface area (Å²) in [6.45, 7) is 10.7. The number of nitrogens with zero attached hydrogens (tertiary/aromatic N) is 1.